The van der Waals surface area contributed by atoms with Gasteiger partial charge in [0.05, 0.1) is 0 Å². The normalized spacial score (nSPS) is 24.5. The summed E-state index contributed by atoms with van der Waals surface area (Å²) in [5, 5.41) is 3.57. The third-order valence-electron chi connectivity index (χ3n) is 4.42. The summed E-state index contributed by atoms with van der Waals surface area (Å²) in [7, 11) is 4.44. The van der Waals surface area contributed by atoms with Gasteiger partial charge in [-0.05, 0) is 64.9 Å². The van der Waals surface area contributed by atoms with Crippen LogP contribution in [0.4, 0.5) is 0 Å². The van der Waals surface area contributed by atoms with Crippen molar-refractivity contribution in [1.82, 2.24) is 10.2 Å². The Balaban J connectivity index is 2.23. The summed E-state index contributed by atoms with van der Waals surface area (Å²) in [4.78, 5) is 2.42. The van der Waals surface area contributed by atoms with Crippen LogP contribution in [0.2, 0.25) is 0 Å². The summed E-state index contributed by atoms with van der Waals surface area (Å²) >= 11 is 0. The van der Waals surface area contributed by atoms with Crippen LogP contribution in [-0.2, 0) is 6.42 Å². The van der Waals surface area contributed by atoms with Gasteiger partial charge in [-0.3, -0.25) is 0 Å². The lowest BCUT2D eigenvalue weighted by Gasteiger charge is -2.43. The highest BCUT2D eigenvalue weighted by molar-refractivity contribution is 5.32. The van der Waals surface area contributed by atoms with Crippen molar-refractivity contribution in [3.63, 3.8) is 0 Å². The number of hydrogen-bond acceptors (Lipinski definition) is 2. The number of aryl methyl sites for hydroxylation is 2. The summed E-state index contributed by atoms with van der Waals surface area (Å²) < 4.78 is 0. The first-order valence-electron chi connectivity index (χ1n) is 6.98. The molecule has 1 saturated heterocycles. The maximum absolute atomic E-state index is 3.57. The largest absolute Gasteiger partial charge is 0.315 e. The Kier molecular flexibility index (Phi) is 4.08. The van der Waals surface area contributed by atoms with E-state index in [0.717, 1.165) is 13.0 Å². The summed E-state index contributed by atoms with van der Waals surface area (Å²) in [6.45, 7) is 6.68. The lowest BCUT2D eigenvalue weighted by atomic mass is 9.81. The molecule has 0 radical (unpaired) electrons. The van der Waals surface area contributed by atoms with E-state index < -0.39 is 0 Å². The third-order valence-corrected chi connectivity index (χ3v) is 4.42. The topological polar surface area (TPSA) is 15.3 Å². The van der Waals surface area contributed by atoms with Gasteiger partial charge in [-0.2, -0.15) is 0 Å². The van der Waals surface area contributed by atoms with Gasteiger partial charge in [0, 0.05) is 12.1 Å². The van der Waals surface area contributed by atoms with Gasteiger partial charge in [-0.15, -0.1) is 0 Å². The molecule has 18 heavy (non-hydrogen) atoms. The monoisotopic (exact) mass is 246 g/mol. The second-order valence-electron chi connectivity index (χ2n) is 6.01. The van der Waals surface area contributed by atoms with Crippen LogP contribution in [0.1, 0.15) is 29.5 Å². The SMILES string of the molecule is Cc1ccc(CC2(N(C)C)CCCNC2)c(C)c1. The van der Waals surface area contributed by atoms with Crippen LogP contribution < -0.4 is 5.32 Å². The zero-order chi connectivity index (χ0) is 13.2. The first-order chi connectivity index (χ1) is 8.53. The van der Waals surface area contributed by atoms with Crippen LogP contribution >= 0.6 is 0 Å². The number of nitrogens with one attached hydrogen (secondary N) is 1. The molecule has 0 spiro atoms. The number of hydrogen-bond donors (Lipinski definition) is 1. The van der Waals surface area contributed by atoms with Crippen molar-refractivity contribution in [2.45, 2.75) is 38.6 Å². The molecule has 0 bridgehead atoms. The van der Waals surface area contributed by atoms with Crippen LogP contribution in [0.25, 0.3) is 0 Å². The smallest absolute Gasteiger partial charge is 0.0368 e. The molecule has 1 fully saturated rings. The molecule has 2 nitrogen and oxygen atoms in total. The minimum Gasteiger partial charge on any atom is -0.315 e. The van der Waals surface area contributed by atoms with Crippen LogP contribution in [0.5, 0.6) is 0 Å². The molecular formula is C16H26N2. The molecule has 0 amide bonds. The predicted octanol–water partition coefficient (Wildman–Crippen LogP) is 2.53. The fourth-order valence-electron chi connectivity index (χ4n) is 3.04. The van der Waals surface area contributed by atoms with Gasteiger partial charge >= 0.3 is 0 Å². The van der Waals surface area contributed by atoms with Gasteiger partial charge in [0.1, 0.15) is 0 Å². The second kappa shape index (κ2) is 5.41. The molecule has 0 aliphatic carbocycles. The highest BCUT2D eigenvalue weighted by Gasteiger charge is 2.34. The van der Waals surface area contributed by atoms with E-state index in [4.69, 9.17) is 0 Å². The Morgan fingerprint density at radius 2 is 2.06 bits per heavy atom. The van der Waals surface area contributed by atoms with Crippen LogP contribution in [-0.4, -0.2) is 37.6 Å². The van der Waals surface area contributed by atoms with Gasteiger partial charge in [0.15, 0.2) is 0 Å². The molecule has 1 N–H and O–H groups in total. The van der Waals surface area contributed by atoms with E-state index in [9.17, 15) is 0 Å². The molecule has 2 rings (SSSR count). The Bertz CT molecular complexity index is 404. The molecule has 1 atom stereocenters. The minimum absolute atomic E-state index is 0.290. The Labute approximate surface area is 111 Å². The number of nitrogens with zero attached hydrogens (tertiary/aromatic N) is 1. The van der Waals surface area contributed by atoms with E-state index in [0.29, 0.717) is 0 Å². The molecule has 1 heterocycles. The van der Waals surface area contributed by atoms with Gasteiger partial charge in [0.2, 0.25) is 0 Å². The second-order valence-corrected chi connectivity index (χ2v) is 6.01. The van der Waals surface area contributed by atoms with E-state index in [1.54, 1.807) is 0 Å². The highest BCUT2D eigenvalue weighted by atomic mass is 15.2. The Hall–Kier alpha value is -0.860. The number of piperidine rings is 1. The number of likely N-dealkylation sites (N-methyl/N-ethyl adjacent to an activating group) is 1. The Morgan fingerprint density at radius 3 is 2.61 bits per heavy atom. The number of benzene rings is 1. The summed E-state index contributed by atoms with van der Waals surface area (Å²) in [5.41, 5.74) is 4.58. The van der Waals surface area contributed by atoms with E-state index in [1.165, 1.54) is 36.1 Å². The van der Waals surface area contributed by atoms with Gasteiger partial charge < -0.3 is 10.2 Å². The zero-order valence-corrected chi connectivity index (χ0v) is 12.2. The first-order valence-corrected chi connectivity index (χ1v) is 6.98. The van der Waals surface area contributed by atoms with Crippen molar-refractivity contribution in [2.24, 2.45) is 0 Å². The summed E-state index contributed by atoms with van der Waals surface area (Å²) in [5.74, 6) is 0. The average Bonchev–Trinajstić information content (AvgIpc) is 2.34. The molecule has 0 saturated carbocycles. The number of rotatable bonds is 3. The predicted molar refractivity (Wildman–Crippen MR) is 78.1 cm³/mol. The fraction of sp³-hybridized carbons (Fsp3) is 0.625. The van der Waals surface area contributed by atoms with Crippen molar-refractivity contribution < 1.29 is 0 Å². The van der Waals surface area contributed by atoms with Crippen LogP contribution in [0, 0.1) is 13.8 Å². The third kappa shape index (κ3) is 2.76. The molecule has 0 aromatic heterocycles. The van der Waals surface area contributed by atoms with Gasteiger partial charge in [-0.1, -0.05) is 23.8 Å². The van der Waals surface area contributed by atoms with Crippen molar-refractivity contribution >= 4 is 0 Å². The molecule has 1 unspecified atom stereocenters. The molecule has 100 valence electrons. The van der Waals surface area contributed by atoms with Gasteiger partial charge in [-0.25, -0.2) is 0 Å². The first kappa shape index (κ1) is 13.6. The highest BCUT2D eigenvalue weighted by Crippen LogP contribution is 2.27. The van der Waals surface area contributed by atoms with E-state index in [2.05, 4.69) is 56.4 Å². The quantitative estimate of drug-likeness (QED) is 0.881. The van der Waals surface area contributed by atoms with Crippen LogP contribution in [0.3, 0.4) is 0 Å². The van der Waals surface area contributed by atoms with Gasteiger partial charge in [0.25, 0.3) is 0 Å². The zero-order valence-electron chi connectivity index (χ0n) is 12.2. The van der Waals surface area contributed by atoms with E-state index in [1.807, 2.05) is 0 Å². The van der Waals surface area contributed by atoms with Crippen molar-refractivity contribution in [1.29, 1.82) is 0 Å². The molecule has 1 aliphatic heterocycles. The average molecular weight is 246 g/mol. The maximum Gasteiger partial charge on any atom is 0.0368 e. The molecule has 1 aliphatic rings. The van der Waals surface area contributed by atoms with Crippen molar-refractivity contribution in [3.05, 3.63) is 34.9 Å². The molecule has 1 aromatic rings. The lowest BCUT2D eigenvalue weighted by Crippen LogP contribution is -2.56. The van der Waals surface area contributed by atoms with Crippen molar-refractivity contribution in [2.75, 3.05) is 27.2 Å². The minimum atomic E-state index is 0.290. The van der Waals surface area contributed by atoms with E-state index >= 15 is 0 Å². The Morgan fingerprint density at radius 1 is 1.28 bits per heavy atom. The standard InChI is InChI=1S/C16H26N2/c1-13-6-7-15(14(2)10-13)11-16(18(3)4)8-5-9-17-12-16/h6-7,10,17H,5,8-9,11-12H2,1-4H3. The summed E-state index contributed by atoms with van der Waals surface area (Å²) in [6, 6.07) is 6.85. The molecule has 2 heteroatoms. The van der Waals surface area contributed by atoms with Crippen molar-refractivity contribution in [3.8, 4) is 0 Å². The summed E-state index contributed by atoms with van der Waals surface area (Å²) in [6.07, 6.45) is 3.72. The molecular weight excluding hydrogens is 220 g/mol. The maximum atomic E-state index is 3.57. The van der Waals surface area contributed by atoms with Crippen LogP contribution in [0.15, 0.2) is 18.2 Å². The lowest BCUT2D eigenvalue weighted by molar-refractivity contribution is 0.114. The fourth-order valence-corrected chi connectivity index (χ4v) is 3.04. The molecule has 1 aromatic carbocycles. The van der Waals surface area contributed by atoms with E-state index in [-0.39, 0.29) is 5.54 Å².